The minimum Gasteiger partial charge on any atom is -0.338 e. The zero-order valence-corrected chi connectivity index (χ0v) is 18.1. The van der Waals surface area contributed by atoms with Crippen LogP contribution in [0.1, 0.15) is 31.9 Å². The van der Waals surface area contributed by atoms with Crippen molar-refractivity contribution >= 4 is 34.8 Å². The zero-order valence-electron chi connectivity index (χ0n) is 17.3. The second kappa shape index (κ2) is 13.3. The van der Waals surface area contributed by atoms with E-state index in [4.69, 9.17) is 11.6 Å². The van der Waals surface area contributed by atoms with Crippen molar-refractivity contribution in [2.75, 3.05) is 18.9 Å². The summed E-state index contributed by atoms with van der Waals surface area (Å²) in [6, 6.07) is 15.1. The number of carbonyl (C=O) groups is 2. The van der Waals surface area contributed by atoms with Gasteiger partial charge in [-0.2, -0.15) is 0 Å². The monoisotopic (exact) mass is 413 g/mol. The van der Waals surface area contributed by atoms with Gasteiger partial charge in [0.2, 0.25) is 0 Å². The number of rotatable bonds is 6. The number of urea groups is 1. The lowest BCUT2D eigenvalue weighted by Crippen LogP contribution is -2.28. The van der Waals surface area contributed by atoms with E-state index in [0.717, 1.165) is 23.4 Å². The molecular formula is C23H28ClN3O2. The molecule has 154 valence electrons. The molecule has 0 atom stereocenters. The van der Waals surface area contributed by atoms with E-state index < -0.39 is 0 Å². The molecule has 29 heavy (non-hydrogen) atoms. The maximum Gasteiger partial charge on any atom is 0.319 e. The number of carbonyl (C=O) groups excluding carboxylic acids is 2. The summed E-state index contributed by atoms with van der Waals surface area (Å²) < 4.78 is 0. The second-order valence-electron chi connectivity index (χ2n) is 6.10. The van der Waals surface area contributed by atoms with Crippen molar-refractivity contribution in [1.82, 2.24) is 5.32 Å². The van der Waals surface area contributed by atoms with Crippen LogP contribution in [0.3, 0.4) is 0 Å². The molecule has 0 saturated heterocycles. The molecule has 2 amide bonds. The Labute approximate surface area is 177 Å². The molecule has 6 heteroatoms. The summed E-state index contributed by atoms with van der Waals surface area (Å²) in [4.78, 5) is 26.1. The minimum absolute atomic E-state index is 0.00169. The van der Waals surface area contributed by atoms with Crippen LogP contribution in [-0.2, 0) is 11.2 Å². The summed E-state index contributed by atoms with van der Waals surface area (Å²) in [6.07, 6.45) is 4.15. The van der Waals surface area contributed by atoms with E-state index in [1.165, 1.54) is 18.6 Å². The average Bonchev–Trinajstić information content (AvgIpc) is 2.69. The van der Waals surface area contributed by atoms with Gasteiger partial charge >= 0.3 is 6.03 Å². The molecule has 0 aliphatic heterocycles. The lowest BCUT2D eigenvalue weighted by Gasteiger charge is -2.06. The highest BCUT2D eigenvalue weighted by atomic mass is 35.5. The number of hydrogen-bond donors (Lipinski definition) is 2. The minimum atomic E-state index is -0.152. The fourth-order valence-corrected chi connectivity index (χ4v) is 2.54. The summed E-state index contributed by atoms with van der Waals surface area (Å²) in [5.41, 5.74) is 3.71. The molecule has 0 aliphatic rings. The van der Waals surface area contributed by atoms with Gasteiger partial charge in [0.05, 0.1) is 5.71 Å². The summed E-state index contributed by atoms with van der Waals surface area (Å²) in [5.74, 6) is -0.00169. The lowest BCUT2D eigenvalue weighted by atomic mass is 10.1. The molecule has 0 radical (unpaired) electrons. The number of hydrogen-bond acceptors (Lipinski definition) is 3. The number of aryl methyl sites for hydroxylation is 1. The molecule has 0 heterocycles. The highest BCUT2D eigenvalue weighted by Gasteiger charge is 2.00. The normalized spacial score (nSPS) is 10.9. The van der Waals surface area contributed by atoms with E-state index in [0.29, 0.717) is 11.6 Å². The van der Waals surface area contributed by atoms with Gasteiger partial charge in [-0.15, -0.1) is 0 Å². The average molecular weight is 414 g/mol. The van der Waals surface area contributed by atoms with Crippen molar-refractivity contribution < 1.29 is 9.59 Å². The van der Waals surface area contributed by atoms with Crippen LogP contribution in [0.25, 0.3) is 0 Å². The predicted molar refractivity (Wildman–Crippen MR) is 122 cm³/mol. The zero-order chi connectivity index (χ0) is 21.6. The Hall–Kier alpha value is -2.92. The van der Waals surface area contributed by atoms with Crippen LogP contribution in [0, 0.1) is 0 Å². The number of nitrogens with one attached hydrogen (secondary N) is 2. The third-order valence-corrected chi connectivity index (χ3v) is 4.00. The summed E-state index contributed by atoms with van der Waals surface area (Å²) in [7, 11) is 1.68. The predicted octanol–water partition coefficient (Wildman–Crippen LogP) is 5.29. The van der Waals surface area contributed by atoms with E-state index in [2.05, 4.69) is 22.5 Å². The first-order valence-electron chi connectivity index (χ1n) is 9.44. The van der Waals surface area contributed by atoms with Gasteiger partial charge in [-0.1, -0.05) is 42.8 Å². The Kier molecular flexibility index (Phi) is 11.1. The summed E-state index contributed by atoms with van der Waals surface area (Å²) >= 11 is 5.86. The Morgan fingerprint density at radius 1 is 1.07 bits per heavy atom. The first kappa shape index (κ1) is 24.1. The Morgan fingerprint density at radius 3 is 2.38 bits per heavy atom. The van der Waals surface area contributed by atoms with E-state index >= 15 is 0 Å². The van der Waals surface area contributed by atoms with Crippen LogP contribution in [0.4, 0.5) is 10.5 Å². The van der Waals surface area contributed by atoms with Gasteiger partial charge in [-0.3, -0.25) is 9.79 Å². The molecule has 2 N–H and O–H groups in total. The number of benzene rings is 2. The number of nitrogens with zero attached hydrogens (tertiary/aromatic N) is 1. The SMILES string of the molecule is CCNC(=O)Nc1cccc(CC)c1.CN=C(/C=C\C(C)=O)c1cccc(Cl)c1. The molecule has 0 saturated carbocycles. The molecule has 2 rings (SSSR count). The maximum absolute atomic E-state index is 11.2. The molecule has 0 bridgehead atoms. The fraction of sp³-hybridized carbons (Fsp3) is 0.261. The van der Waals surface area contributed by atoms with Crippen molar-refractivity contribution in [2.45, 2.75) is 27.2 Å². The molecule has 0 fully saturated rings. The topological polar surface area (TPSA) is 70.6 Å². The number of allylic oxidation sites excluding steroid dienone is 2. The molecular weight excluding hydrogens is 386 g/mol. The molecule has 0 unspecified atom stereocenters. The van der Waals surface area contributed by atoms with Gasteiger partial charge in [0, 0.05) is 29.9 Å². The van der Waals surface area contributed by atoms with Crippen LogP contribution < -0.4 is 10.6 Å². The quantitative estimate of drug-likeness (QED) is 0.498. The third-order valence-electron chi connectivity index (χ3n) is 3.77. The first-order chi connectivity index (χ1) is 13.9. The maximum atomic E-state index is 11.2. The van der Waals surface area contributed by atoms with Crippen LogP contribution in [0.2, 0.25) is 5.02 Å². The van der Waals surface area contributed by atoms with Gasteiger partial charge in [-0.05, 0) is 62.2 Å². The van der Waals surface area contributed by atoms with Gasteiger partial charge < -0.3 is 10.6 Å². The van der Waals surface area contributed by atoms with Crippen molar-refractivity contribution in [3.05, 3.63) is 76.8 Å². The van der Waals surface area contributed by atoms with E-state index in [-0.39, 0.29) is 11.8 Å². The second-order valence-corrected chi connectivity index (χ2v) is 6.54. The third kappa shape index (κ3) is 9.72. The van der Waals surface area contributed by atoms with Crippen molar-refractivity contribution in [3.8, 4) is 0 Å². The number of halogens is 1. The Morgan fingerprint density at radius 2 is 1.79 bits per heavy atom. The van der Waals surface area contributed by atoms with Crippen molar-refractivity contribution in [3.63, 3.8) is 0 Å². The Balaban J connectivity index is 0.000000291. The van der Waals surface area contributed by atoms with Gasteiger partial charge in [-0.25, -0.2) is 4.79 Å². The molecule has 0 aliphatic carbocycles. The fourth-order valence-electron chi connectivity index (χ4n) is 2.35. The number of ketones is 1. The smallest absolute Gasteiger partial charge is 0.319 e. The van der Waals surface area contributed by atoms with Crippen LogP contribution >= 0.6 is 11.6 Å². The van der Waals surface area contributed by atoms with Gasteiger partial charge in [0.1, 0.15) is 0 Å². The van der Waals surface area contributed by atoms with E-state index in [1.807, 2.05) is 49.4 Å². The van der Waals surface area contributed by atoms with Crippen molar-refractivity contribution in [2.24, 2.45) is 4.99 Å². The largest absolute Gasteiger partial charge is 0.338 e. The Bertz CT molecular complexity index is 876. The first-order valence-corrected chi connectivity index (χ1v) is 9.82. The molecule has 5 nitrogen and oxygen atoms in total. The van der Waals surface area contributed by atoms with E-state index in [9.17, 15) is 9.59 Å². The number of anilines is 1. The highest BCUT2D eigenvalue weighted by molar-refractivity contribution is 6.31. The molecule has 0 spiro atoms. The van der Waals surface area contributed by atoms with Crippen LogP contribution in [0.5, 0.6) is 0 Å². The van der Waals surface area contributed by atoms with E-state index in [1.54, 1.807) is 19.2 Å². The van der Waals surface area contributed by atoms with Crippen LogP contribution in [0.15, 0.2) is 65.7 Å². The number of amides is 2. The summed E-state index contributed by atoms with van der Waals surface area (Å²) in [5, 5.41) is 6.11. The summed E-state index contributed by atoms with van der Waals surface area (Å²) in [6.45, 7) is 6.12. The number of aliphatic imine (C=N–C) groups is 1. The molecule has 0 aromatic heterocycles. The van der Waals surface area contributed by atoms with Gasteiger partial charge in [0.25, 0.3) is 0 Å². The van der Waals surface area contributed by atoms with Gasteiger partial charge in [0.15, 0.2) is 5.78 Å². The molecule has 2 aromatic rings. The highest BCUT2D eigenvalue weighted by Crippen LogP contribution is 2.12. The van der Waals surface area contributed by atoms with Crippen molar-refractivity contribution in [1.29, 1.82) is 0 Å². The standard InChI is InChI=1S/C12H12ClNO.C11H16N2O/c1-9(15)6-7-12(14-2)10-4-3-5-11(13)8-10;1-3-9-6-5-7-10(8-9)13-11(14)12-4-2/h3-8H,1-2H3;5-8H,3-4H2,1-2H3,(H2,12,13,14)/b7-6-,14-12?;. The van der Waals surface area contributed by atoms with Crippen LogP contribution in [-0.4, -0.2) is 31.1 Å². The lowest BCUT2D eigenvalue weighted by molar-refractivity contribution is -0.112. The molecule has 2 aromatic carbocycles.